The van der Waals surface area contributed by atoms with Crippen LogP contribution in [-0.4, -0.2) is 33.5 Å². The summed E-state index contributed by atoms with van der Waals surface area (Å²) in [5.41, 5.74) is 0. The Kier molecular flexibility index (Phi) is 13.8. The molecule has 6 heteroatoms. The molecule has 0 saturated heterocycles. The first-order valence-electron chi connectivity index (χ1n) is 6.40. The predicted molar refractivity (Wildman–Crippen MR) is 86.0 cm³/mol. The number of carbonyl (C=O) groups is 2. The van der Waals surface area contributed by atoms with Crippen molar-refractivity contribution in [1.82, 2.24) is 5.32 Å². The van der Waals surface area contributed by atoms with Crippen LogP contribution in [0.5, 0.6) is 0 Å². The van der Waals surface area contributed by atoms with Crippen LogP contribution in [0.3, 0.4) is 0 Å². The van der Waals surface area contributed by atoms with Crippen molar-refractivity contribution < 1.29 is 9.59 Å². The van der Waals surface area contributed by atoms with Crippen molar-refractivity contribution in [2.24, 2.45) is 0 Å². The molecule has 106 valence electrons. The van der Waals surface area contributed by atoms with Gasteiger partial charge in [0.05, 0.1) is 0 Å². The summed E-state index contributed by atoms with van der Waals surface area (Å²) in [4.78, 5) is 22.7. The van der Waals surface area contributed by atoms with Gasteiger partial charge < -0.3 is 5.32 Å². The molecule has 0 unspecified atom stereocenters. The molecule has 0 aromatic rings. The monoisotopic (exact) mass is 309 g/mol. The summed E-state index contributed by atoms with van der Waals surface area (Å²) >= 11 is 4.01. The fourth-order valence-electron chi connectivity index (χ4n) is 0.989. The standard InChI is InChI=1S/C12H23NO2S3/c1-3-5-8-16-11(14)13-7-10-18-12(15)17-9-6-4-2/h3-10H2,1-2H3,(H,13,14). The van der Waals surface area contributed by atoms with Crippen LogP contribution in [0.15, 0.2) is 0 Å². The van der Waals surface area contributed by atoms with Gasteiger partial charge in [-0.05, 0) is 12.8 Å². The maximum atomic E-state index is 11.4. The van der Waals surface area contributed by atoms with Crippen LogP contribution < -0.4 is 5.32 Å². The summed E-state index contributed by atoms with van der Waals surface area (Å²) in [5, 5.41) is 2.83. The number of nitrogens with one attached hydrogen (secondary N) is 1. The Morgan fingerprint density at radius 3 is 2.06 bits per heavy atom. The molecule has 0 aliphatic carbocycles. The Labute approximate surface area is 123 Å². The summed E-state index contributed by atoms with van der Waals surface area (Å²) < 4.78 is 0.163. The first-order valence-corrected chi connectivity index (χ1v) is 9.36. The number of unbranched alkanes of at least 4 members (excludes halogenated alkanes) is 2. The molecule has 0 aliphatic rings. The number of thioether (sulfide) groups is 3. The fraction of sp³-hybridized carbons (Fsp3) is 0.833. The Hall–Kier alpha value is 0.190. The van der Waals surface area contributed by atoms with Gasteiger partial charge in [-0.2, -0.15) is 0 Å². The summed E-state index contributed by atoms with van der Waals surface area (Å²) in [5.74, 6) is 2.45. The average molecular weight is 310 g/mol. The fourth-order valence-corrected chi connectivity index (χ4v) is 3.62. The van der Waals surface area contributed by atoms with Gasteiger partial charge >= 0.3 is 0 Å². The van der Waals surface area contributed by atoms with E-state index in [9.17, 15) is 9.59 Å². The molecule has 0 saturated carbocycles. The van der Waals surface area contributed by atoms with Crippen molar-refractivity contribution in [3.63, 3.8) is 0 Å². The lowest BCUT2D eigenvalue weighted by Crippen LogP contribution is -2.22. The number of hydrogen-bond acceptors (Lipinski definition) is 5. The lowest BCUT2D eigenvalue weighted by Gasteiger charge is -2.03. The highest BCUT2D eigenvalue weighted by molar-refractivity contribution is 8.38. The van der Waals surface area contributed by atoms with Gasteiger partial charge in [0.2, 0.25) is 4.45 Å². The minimum Gasteiger partial charge on any atom is -0.346 e. The zero-order valence-corrected chi connectivity index (χ0v) is 13.6. The predicted octanol–water partition coefficient (Wildman–Crippen LogP) is 4.62. The van der Waals surface area contributed by atoms with Crippen LogP contribution >= 0.6 is 35.3 Å². The molecule has 0 rings (SSSR count). The molecular formula is C12H23NO2S3. The van der Waals surface area contributed by atoms with Crippen LogP contribution in [0.1, 0.15) is 39.5 Å². The Morgan fingerprint density at radius 1 is 0.889 bits per heavy atom. The van der Waals surface area contributed by atoms with E-state index in [1.807, 2.05) is 0 Å². The maximum absolute atomic E-state index is 11.4. The van der Waals surface area contributed by atoms with E-state index in [4.69, 9.17) is 0 Å². The van der Waals surface area contributed by atoms with E-state index in [1.165, 1.54) is 35.3 Å². The van der Waals surface area contributed by atoms with Crippen molar-refractivity contribution in [3.8, 4) is 0 Å². The molecule has 0 fully saturated rings. The molecule has 0 aromatic heterocycles. The second-order valence-corrected chi connectivity index (χ2v) is 7.18. The number of rotatable bonds is 9. The Morgan fingerprint density at radius 2 is 1.44 bits per heavy atom. The molecule has 0 atom stereocenters. The van der Waals surface area contributed by atoms with E-state index < -0.39 is 0 Å². The minimum absolute atomic E-state index is 0.0233. The number of amides is 1. The van der Waals surface area contributed by atoms with E-state index >= 15 is 0 Å². The molecule has 0 bridgehead atoms. The molecule has 0 spiro atoms. The van der Waals surface area contributed by atoms with E-state index in [1.54, 1.807) is 0 Å². The van der Waals surface area contributed by atoms with Gasteiger partial charge in [0.15, 0.2) is 0 Å². The number of hydrogen-bond donors (Lipinski definition) is 1. The lowest BCUT2D eigenvalue weighted by atomic mass is 10.4. The zero-order chi connectivity index (χ0) is 13.6. The Bertz CT molecular complexity index is 213. The van der Waals surface area contributed by atoms with E-state index in [-0.39, 0.29) is 9.69 Å². The summed E-state index contributed by atoms with van der Waals surface area (Å²) in [6.45, 7) is 4.80. The lowest BCUT2D eigenvalue weighted by molar-refractivity contribution is 0.261. The molecule has 1 amide bonds. The molecule has 1 N–H and O–H groups in total. The van der Waals surface area contributed by atoms with Crippen LogP contribution in [-0.2, 0) is 0 Å². The summed E-state index contributed by atoms with van der Waals surface area (Å²) in [6.07, 6.45) is 4.39. The van der Waals surface area contributed by atoms with Crippen LogP contribution in [0.2, 0.25) is 0 Å². The quantitative estimate of drug-likeness (QED) is 0.630. The average Bonchev–Trinajstić information content (AvgIpc) is 2.35. The topological polar surface area (TPSA) is 46.2 Å². The first kappa shape index (κ1) is 18.2. The van der Waals surface area contributed by atoms with Crippen LogP contribution in [0, 0.1) is 0 Å². The van der Waals surface area contributed by atoms with Gasteiger partial charge in [0.1, 0.15) is 0 Å². The summed E-state index contributed by atoms with van der Waals surface area (Å²) in [7, 11) is 0. The van der Waals surface area contributed by atoms with Crippen LogP contribution in [0.25, 0.3) is 0 Å². The van der Waals surface area contributed by atoms with Crippen LogP contribution in [0.4, 0.5) is 9.59 Å². The first-order chi connectivity index (χ1) is 8.70. The minimum atomic E-state index is 0.0233. The molecule has 0 aliphatic heterocycles. The van der Waals surface area contributed by atoms with E-state index in [0.29, 0.717) is 12.3 Å². The SMILES string of the molecule is CCCCSC(=O)NCCSC(=O)SCCCC. The van der Waals surface area contributed by atoms with Crippen molar-refractivity contribution in [1.29, 1.82) is 0 Å². The third-order valence-corrected chi connectivity index (χ3v) is 5.02. The molecule has 3 nitrogen and oxygen atoms in total. The van der Waals surface area contributed by atoms with Crippen molar-refractivity contribution in [3.05, 3.63) is 0 Å². The smallest absolute Gasteiger partial charge is 0.279 e. The van der Waals surface area contributed by atoms with E-state index in [2.05, 4.69) is 19.2 Å². The van der Waals surface area contributed by atoms with E-state index in [0.717, 1.165) is 37.2 Å². The van der Waals surface area contributed by atoms with Crippen molar-refractivity contribution in [2.45, 2.75) is 39.5 Å². The second-order valence-electron chi connectivity index (χ2n) is 3.72. The highest BCUT2D eigenvalue weighted by Gasteiger charge is 2.04. The molecule has 18 heavy (non-hydrogen) atoms. The largest absolute Gasteiger partial charge is 0.346 e. The van der Waals surface area contributed by atoms with Gasteiger partial charge in [-0.1, -0.05) is 62.0 Å². The van der Waals surface area contributed by atoms with Crippen molar-refractivity contribution >= 4 is 45.0 Å². The maximum Gasteiger partial charge on any atom is 0.279 e. The molecular weight excluding hydrogens is 286 g/mol. The van der Waals surface area contributed by atoms with Gasteiger partial charge in [-0.3, -0.25) is 9.59 Å². The molecule has 0 radical (unpaired) electrons. The normalized spacial score (nSPS) is 10.3. The van der Waals surface area contributed by atoms with Gasteiger partial charge in [0.25, 0.3) is 5.24 Å². The van der Waals surface area contributed by atoms with Gasteiger partial charge in [-0.25, -0.2) is 0 Å². The van der Waals surface area contributed by atoms with Gasteiger partial charge in [0, 0.05) is 23.8 Å². The molecule has 0 aromatic carbocycles. The highest BCUT2D eigenvalue weighted by Crippen LogP contribution is 2.17. The second kappa shape index (κ2) is 13.6. The van der Waals surface area contributed by atoms with Crippen molar-refractivity contribution in [2.75, 3.05) is 23.8 Å². The Balaban J connectivity index is 3.32. The highest BCUT2D eigenvalue weighted by atomic mass is 32.2. The zero-order valence-electron chi connectivity index (χ0n) is 11.2. The third-order valence-electron chi connectivity index (χ3n) is 2.04. The molecule has 0 heterocycles. The number of carbonyl (C=O) groups excluding carboxylic acids is 2. The third kappa shape index (κ3) is 12.6. The van der Waals surface area contributed by atoms with Gasteiger partial charge in [-0.15, -0.1) is 0 Å². The summed E-state index contributed by atoms with van der Waals surface area (Å²) in [6, 6.07) is 0.